The van der Waals surface area contributed by atoms with Crippen LogP contribution in [0.1, 0.15) is 20.3 Å². The number of hydrogen-bond acceptors (Lipinski definition) is 3. The van der Waals surface area contributed by atoms with E-state index in [1.165, 1.54) is 0 Å². The molecule has 0 amide bonds. The van der Waals surface area contributed by atoms with E-state index in [9.17, 15) is 0 Å². The Balaban J connectivity index is 4.56. The molecular weight excluding hydrogens is 228 g/mol. The monoisotopic (exact) mass is 247 g/mol. The third-order valence-electron chi connectivity index (χ3n) is 2.18. The number of rotatable bonds is 9. The van der Waals surface area contributed by atoms with E-state index in [1.807, 2.05) is 13.8 Å². The summed E-state index contributed by atoms with van der Waals surface area (Å²) in [5, 5.41) is 0. The molecule has 0 aromatic rings. The van der Waals surface area contributed by atoms with Crippen molar-refractivity contribution in [3.05, 3.63) is 25.3 Å². The van der Waals surface area contributed by atoms with Crippen LogP contribution in [0.5, 0.6) is 0 Å². The molecule has 0 rings (SSSR count). The van der Waals surface area contributed by atoms with Gasteiger partial charge in [0.25, 0.3) is 0 Å². The summed E-state index contributed by atoms with van der Waals surface area (Å²) in [4.78, 5) is 0. The molecule has 0 N–H and O–H groups in total. The Bertz CT molecular complexity index is 182. The summed E-state index contributed by atoms with van der Waals surface area (Å²) in [6.07, 6.45) is 3.97. The van der Waals surface area contributed by atoms with Crippen molar-refractivity contribution in [3.8, 4) is 0 Å². The molecule has 0 spiro atoms. The summed E-state index contributed by atoms with van der Waals surface area (Å²) in [6, 6.07) is 0. The van der Waals surface area contributed by atoms with Gasteiger partial charge in [-0.15, -0.1) is 0 Å². The maximum absolute atomic E-state index is 5.67. The SMILES string of the molecule is C=CCOC(CC)(OCC=C)C(C)[O][Ti]. The van der Waals surface area contributed by atoms with E-state index in [0.29, 0.717) is 19.6 Å². The van der Waals surface area contributed by atoms with Crippen LogP contribution in [-0.2, 0) is 33.6 Å². The Labute approximate surface area is 104 Å². The zero-order valence-corrected chi connectivity index (χ0v) is 11.1. The minimum absolute atomic E-state index is 0.137. The Kier molecular flexibility index (Phi) is 8.29. The zero-order valence-electron chi connectivity index (χ0n) is 9.49. The Hall–Kier alpha value is 0.0743. The first-order valence-electron chi connectivity index (χ1n) is 4.99. The first-order chi connectivity index (χ1) is 7.16. The van der Waals surface area contributed by atoms with E-state index in [2.05, 4.69) is 13.2 Å². The Morgan fingerprint density at radius 1 is 1.27 bits per heavy atom. The Morgan fingerprint density at radius 3 is 2.00 bits per heavy atom. The summed E-state index contributed by atoms with van der Waals surface area (Å²) in [5.74, 6) is -0.711. The van der Waals surface area contributed by atoms with E-state index in [0.717, 1.165) is 0 Å². The third-order valence-corrected chi connectivity index (χ3v) is 2.73. The molecule has 1 atom stereocenters. The molecule has 0 aromatic heterocycles. The van der Waals surface area contributed by atoms with Crippen LogP contribution >= 0.6 is 0 Å². The predicted octanol–water partition coefficient (Wildman–Crippen LogP) is 2.36. The van der Waals surface area contributed by atoms with Gasteiger partial charge in [-0.25, -0.2) is 0 Å². The van der Waals surface area contributed by atoms with Crippen molar-refractivity contribution in [1.29, 1.82) is 0 Å². The number of ether oxygens (including phenoxy) is 2. The topological polar surface area (TPSA) is 27.7 Å². The van der Waals surface area contributed by atoms with Crippen LogP contribution in [-0.4, -0.2) is 25.1 Å². The van der Waals surface area contributed by atoms with Crippen LogP contribution in [0.3, 0.4) is 0 Å². The summed E-state index contributed by atoms with van der Waals surface area (Å²) < 4.78 is 16.6. The van der Waals surface area contributed by atoms with Crippen LogP contribution in [0.15, 0.2) is 25.3 Å². The van der Waals surface area contributed by atoms with Gasteiger partial charge in [-0.1, -0.05) is 0 Å². The molecule has 0 saturated heterocycles. The third kappa shape index (κ3) is 4.62. The fraction of sp³-hybridized carbons (Fsp3) is 0.636. The molecule has 0 aliphatic heterocycles. The quantitative estimate of drug-likeness (QED) is 0.355. The van der Waals surface area contributed by atoms with Gasteiger partial charge < -0.3 is 0 Å². The van der Waals surface area contributed by atoms with Gasteiger partial charge in [0.2, 0.25) is 0 Å². The molecule has 0 bridgehead atoms. The van der Waals surface area contributed by atoms with Crippen molar-refractivity contribution >= 4 is 0 Å². The molecule has 15 heavy (non-hydrogen) atoms. The molecule has 1 unspecified atom stereocenters. The van der Waals surface area contributed by atoms with Crippen molar-refractivity contribution in [2.24, 2.45) is 0 Å². The summed E-state index contributed by atoms with van der Waals surface area (Å²) in [7, 11) is 0. The molecule has 0 saturated carbocycles. The molecule has 0 aliphatic rings. The first kappa shape index (κ1) is 15.1. The fourth-order valence-corrected chi connectivity index (χ4v) is 1.54. The van der Waals surface area contributed by atoms with Crippen molar-refractivity contribution in [2.75, 3.05) is 13.2 Å². The minimum atomic E-state index is -0.711. The molecule has 0 radical (unpaired) electrons. The van der Waals surface area contributed by atoms with Gasteiger partial charge in [-0.05, 0) is 0 Å². The maximum atomic E-state index is 5.67. The molecule has 85 valence electrons. The molecule has 0 fully saturated rings. The van der Waals surface area contributed by atoms with E-state index in [-0.39, 0.29) is 6.10 Å². The molecule has 0 aliphatic carbocycles. The Morgan fingerprint density at radius 2 is 1.73 bits per heavy atom. The van der Waals surface area contributed by atoms with Crippen LogP contribution < -0.4 is 0 Å². The summed E-state index contributed by atoms with van der Waals surface area (Å²) in [6.45, 7) is 12.1. The van der Waals surface area contributed by atoms with Crippen molar-refractivity contribution < 1.29 is 33.6 Å². The molecule has 4 heteroatoms. The second-order valence-corrected chi connectivity index (χ2v) is 3.49. The van der Waals surface area contributed by atoms with Gasteiger partial charge in [0, 0.05) is 0 Å². The van der Waals surface area contributed by atoms with E-state index in [4.69, 9.17) is 12.8 Å². The molecular formula is C11H19O3Ti. The fourth-order valence-electron chi connectivity index (χ4n) is 1.26. The second-order valence-electron chi connectivity index (χ2n) is 3.12. The average Bonchev–Trinajstić information content (AvgIpc) is 2.29. The first-order valence-corrected chi connectivity index (χ1v) is 5.62. The molecule has 3 nitrogen and oxygen atoms in total. The zero-order chi connectivity index (χ0) is 11.7. The predicted molar refractivity (Wildman–Crippen MR) is 55.9 cm³/mol. The second kappa shape index (κ2) is 8.25. The van der Waals surface area contributed by atoms with Gasteiger partial charge in [-0.3, -0.25) is 0 Å². The van der Waals surface area contributed by atoms with Crippen LogP contribution in [0.2, 0.25) is 0 Å². The van der Waals surface area contributed by atoms with E-state index in [1.54, 1.807) is 33.0 Å². The number of hydrogen-bond donors (Lipinski definition) is 0. The van der Waals surface area contributed by atoms with Crippen molar-refractivity contribution in [2.45, 2.75) is 32.2 Å². The van der Waals surface area contributed by atoms with Gasteiger partial charge in [0.15, 0.2) is 0 Å². The van der Waals surface area contributed by atoms with Gasteiger partial charge >= 0.3 is 104 Å². The average molecular weight is 247 g/mol. The van der Waals surface area contributed by atoms with Crippen LogP contribution in [0.4, 0.5) is 0 Å². The van der Waals surface area contributed by atoms with Gasteiger partial charge in [0.1, 0.15) is 0 Å². The van der Waals surface area contributed by atoms with E-state index < -0.39 is 5.79 Å². The summed E-state index contributed by atoms with van der Waals surface area (Å²) >= 11 is 1.64. The normalized spacial score (nSPS) is 13.4. The standard InChI is InChI=1S/C11H19O3.Ti/c1-5-8-13-11(7-3,10(4)12)14-9-6-2;/h5-6,10H,1-2,7-9H2,3-4H3;/q-1;+1. The van der Waals surface area contributed by atoms with Gasteiger partial charge in [-0.2, -0.15) is 0 Å². The van der Waals surface area contributed by atoms with Crippen LogP contribution in [0.25, 0.3) is 0 Å². The molecule has 0 aromatic carbocycles. The summed E-state index contributed by atoms with van der Waals surface area (Å²) in [5.41, 5.74) is 0. The molecule has 0 heterocycles. The van der Waals surface area contributed by atoms with Gasteiger partial charge in [0.05, 0.1) is 0 Å². The van der Waals surface area contributed by atoms with Crippen molar-refractivity contribution in [1.82, 2.24) is 0 Å². The van der Waals surface area contributed by atoms with Crippen LogP contribution in [0, 0.1) is 0 Å². The van der Waals surface area contributed by atoms with E-state index >= 15 is 0 Å². The van der Waals surface area contributed by atoms with Crippen molar-refractivity contribution in [3.63, 3.8) is 0 Å².